The highest BCUT2D eigenvalue weighted by atomic mass is 16.3. The van der Waals surface area contributed by atoms with Gasteiger partial charge in [0.15, 0.2) is 6.29 Å². The van der Waals surface area contributed by atoms with E-state index in [0.717, 1.165) is 12.0 Å². The summed E-state index contributed by atoms with van der Waals surface area (Å²) in [6, 6.07) is 18.2. The smallest absolute Gasteiger partial charge is 0.248 e. The number of aldehydes is 2. The van der Waals surface area contributed by atoms with Crippen LogP contribution in [0.4, 0.5) is 17.1 Å². The first-order valence-electron chi connectivity index (χ1n) is 8.07. The number of hydrogen-bond donors (Lipinski definition) is 2. The van der Waals surface area contributed by atoms with E-state index in [0.29, 0.717) is 28.8 Å². The minimum Gasteiger partial charge on any atom is -0.507 e. The lowest BCUT2D eigenvalue weighted by atomic mass is 10.1. The molecule has 3 N–H and O–H groups in total. The number of benzene rings is 3. The minimum atomic E-state index is -0.531. The highest BCUT2D eigenvalue weighted by Crippen LogP contribution is 2.36. The van der Waals surface area contributed by atoms with Crippen molar-refractivity contribution in [1.29, 1.82) is 0 Å². The van der Waals surface area contributed by atoms with Gasteiger partial charge in [-0.3, -0.25) is 14.4 Å². The van der Waals surface area contributed by atoms with Gasteiger partial charge >= 0.3 is 0 Å². The van der Waals surface area contributed by atoms with Gasteiger partial charge in [0.05, 0.1) is 5.56 Å². The van der Waals surface area contributed by atoms with E-state index in [2.05, 4.69) is 0 Å². The Morgan fingerprint density at radius 3 is 1.85 bits per heavy atom. The van der Waals surface area contributed by atoms with Crippen LogP contribution in [0.3, 0.4) is 0 Å². The van der Waals surface area contributed by atoms with Gasteiger partial charge < -0.3 is 15.7 Å². The first-order valence-corrected chi connectivity index (χ1v) is 8.07. The van der Waals surface area contributed by atoms with Crippen LogP contribution in [-0.2, 0) is 0 Å². The van der Waals surface area contributed by atoms with Crippen LogP contribution in [0.5, 0.6) is 5.75 Å². The summed E-state index contributed by atoms with van der Waals surface area (Å²) in [4.78, 5) is 35.0. The second-order valence-corrected chi connectivity index (χ2v) is 5.82. The second kappa shape index (κ2) is 7.53. The molecule has 6 heteroatoms. The molecule has 0 bridgehead atoms. The Morgan fingerprint density at radius 1 is 0.815 bits per heavy atom. The molecule has 0 aromatic heterocycles. The van der Waals surface area contributed by atoms with Gasteiger partial charge in [-0.1, -0.05) is 0 Å². The summed E-state index contributed by atoms with van der Waals surface area (Å²) in [5.74, 6) is -0.679. The highest BCUT2D eigenvalue weighted by molar-refractivity contribution is 5.93. The Hall–Kier alpha value is -3.93. The zero-order chi connectivity index (χ0) is 19.4. The number of anilines is 3. The van der Waals surface area contributed by atoms with Crippen LogP contribution < -0.4 is 10.6 Å². The van der Waals surface area contributed by atoms with Crippen LogP contribution in [0.2, 0.25) is 0 Å². The van der Waals surface area contributed by atoms with E-state index >= 15 is 0 Å². The van der Waals surface area contributed by atoms with Crippen LogP contribution in [0.25, 0.3) is 0 Å². The van der Waals surface area contributed by atoms with Crippen LogP contribution in [0, 0.1) is 0 Å². The topological polar surface area (TPSA) is 101 Å². The Balaban J connectivity index is 2.12. The van der Waals surface area contributed by atoms with E-state index in [9.17, 15) is 19.5 Å². The number of hydrogen-bond acceptors (Lipinski definition) is 5. The molecule has 0 atom stereocenters. The lowest BCUT2D eigenvalue weighted by Crippen LogP contribution is -2.13. The zero-order valence-electron chi connectivity index (χ0n) is 14.2. The third-order valence-electron chi connectivity index (χ3n) is 4.10. The maximum Gasteiger partial charge on any atom is 0.248 e. The normalized spacial score (nSPS) is 10.2. The number of amides is 1. The van der Waals surface area contributed by atoms with Crippen molar-refractivity contribution in [2.24, 2.45) is 5.73 Å². The summed E-state index contributed by atoms with van der Waals surface area (Å²) >= 11 is 0. The molecule has 0 saturated heterocycles. The Labute approximate surface area is 155 Å². The summed E-state index contributed by atoms with van der Waals surface area (Å²) < 4.78 is 0. The number of phenolic OH excluding ortho intramolecular Hbond substituents is 1. The van der Waals surface area contributed by atoms with E-state index in [1.54, 1.807) is 54.6 Å². The number of aromatic hydroxyl groups is 1. The van der Waals surface area contributed by atoms with Crippen molar-refractivity contribution < 1.29 is 19.5 Å². The van der Waals surface area contributed by atoms with Crippen molar-refractivity contribution in [2.75, 3.05) is 4.90 Å². The van der Waals surface area contributed by atoms with Gasteiger partial charge in [0.2, 0.25) is 5.91 Å². The van der Waals surface area contributed by atoms with Gasteiger partial charge in [-0.05, 0) is 60.7 Å². The van der Waals surface area contributed by atoms with E-state index < -0.39 is 5.91 Å². The lowest BCUT2D eigenvalue weighted by molar-refractivity contribution is 0.0999. The Bertz CT molecular complexity index is 996. The second-order valence-electron chi connectivity index (χ2n) is 5.82. The monoisotopic (exact) mass is 360 g/mol. The van der Waals surface area contributed by atoms with E-state index in [4.69, 9.17) is 5.73 Å². The summed E-state index contributed by atoms with van der Waals surface area (Å²) in [6.45, 7) is 0. The lowest BCUT2D eigenvalue weighted by Gasteiger charge is -2.26. The maximum atomic E-state index is 11.3. The third kappa shape index (κ3) is 3.69. The van der Waals surface area contributed by atoms with Crippen molar-refractivity contribution in [3.63, 3.8) is 0 Å². The molecule has 0 unspecified atom stereocenters. The number of rotatable bonds is 6. The largest absolute Gasteiger partial charge is 0.507 e. The van der Waals surface area contributed by atoms with Gasteiger partial charge in [0.25, 0.3) is 0 Å². The van der Waals surface area contributed by atoms with Crippen LogP contribution in [-0.4, -0.2) is 23.6 Å². The van der Waals surface area contributed by atoms with Crippen LogP contribution in [0.15, 0.2) is 66.7 Å². The van der Waals surface area contributed by atoms with E-state index in [-0.39, 0.29) is 11.3 Å². The first kappa shape index (κ1) is 17.9. The SMILES string of the molecule is NC(=O)c1ccc(N(c2ccc(C=O)cc2)c2ccc(C=O)c(O)c2)cc1. The maximum absolute atomic E-state index is 11.3. The fourth-order valence-corrected chi connectivity index (χ4v) is 2.69. The number of primary amides is 1. The summed E-state index contributed by atoms with van der Waals surface area (Å²) in [5, 5.41) is 10.1. The van der Waals surface area contributed by atoms with Crippen molar-refractivity contribution in [1.82, 2.24) is 0 Å². The van der Waals surface area contributed by atoms with Crippen molar-refractivity contribution in [2.45, 2.75) is 0 Å². The summed E-state index contributed by atoms with van der Waals surface area (Å²) in [7, 11) is 0. The fourth-order valence-electron chi connectivity index (χ4n) is 2.69. The molecule has 6 nitrogen and oxygen atoms in total. The van der Waals surface area contributed by atoms with Crippen molar-refractivity contribution >= 4 is 35.5 Å². The number of nitrogens with zero attached hydrogens (tertiary/aromatic N) is 1. The molecule has 3 rings (SSSR count). The molecule has 1 amide bonds. The molecule has 0 aliphatic rings. The molecule has 0 aliphatic carbocycles. The molecule has 0 radical (unpaired) electrons. The van der Waals surface area contributed by atoms with Gasteiger partial charge in [-0.25, -0.2) is 0 Å². The average Bonchev–Trinajstić information content (AvgIpc) is 2.69. The Morgan fingerprint density at radius 2 is 1.37 bits per heavy atom. The predicted molar refractivity (Wildman–Crippen MR) is 102 cm³/mol. The van der Waals surface area contributed by atoms with E-state index in [1.807, 2.05) is 4.90 Å². The molecule has 0 spiro atoms. The Kier molecular flexibility index (Phi) is 4.99. The fraction of sp³-hybridized carbons (Fsp3) is 0. The quantitative estimate of drug-likeness (QED) is 0.654. The highest BCUT2D eigenvalue weighted by Gasteiger charge is 2.15. The molecule has 0 aliphatic heterocycles. The molecule has 134 valence electrons. The standard InChI is InChI=1S/C21H16N2O4/c22-21(27)15-3-8-18(9-4-15)23(17-6-1-14(12-24)2-7-17)19-10-5-16(13-25)20(26)11-19/h1-13,26H,(H2,22,27). The van der Waals surface area contributed by atoms with E-state index in [1.165, 1.54) is 12.1 Å². The predicted octanol–water partition coefficient (Wildman–Crippen LogP) is 3.59. The minimum absolute atomic E-state index is 0.147. The molecular weight excluding hydrogens is 344 g/mol. The molecule has 0 heterocycles. The number of carbonyl (C=O) groups excluding carboxylic acids is 3. The molecular formula is C21H16N2O4. The molecule has 3 aromatic rings. The summed E-state index contributed by atoms with van der Waals surface area (Å²) in [6.07, 6.45) is 1.32. The van der Waals surface area contributed by atoms with Gasteiger partial charge in [0.1, 0.15) is 12.0 Å². The van der Waals surface area contributed by atoms with Gasteiger partial charge in [-0.15, -0.1) is 0 Å². The third-order valence-corrected chi connectivity index (χ3v) is 4.10. The first-order chi connectivity index (χ1) is 13.0. The molecule has 0 saturated carbocycles. The molecule has 3 aromatic carbocycles. The molecule has 0 fully saturated rings. The summed E-state index contributed by atoms with van der Waals surface area (Å²) in [5.41, 5.74) is 8.41. The van der Waals surface area contributed by atoms with Crippen LogP contribution >= 0.6 is 0 Å². The van der Waals surface area contributed by atoms with Gasteiger partial charge in [-0.2, -0.15) is 0 Å². The zero-order valence-corrected chi connectivity index (χ0v) is 14.2. The molecule has 27 heavy (non-hydrogen) atoms. The van der Waals surface area contributed by atoms with Gasteiger partial charge in [0, 0.05) is 34.3 Å². The number of carbonyl (C=O) groups is 3. The average molecular weight is 360 g/mol. The number of phenols is 1. The van der Waals surface area contributed by atoms with Crippen molar-refractivity contribution in [3.8, 4) is 5.75 Å². The van der Waals surface area contributed by atoms with Crippen molar-refractivity contribution in [3.05, 3.63) is 83.4 Å². The number of nitrogens with two attached hydrogens (primary N) is 1. The van der Waals surface area contributed by atoms with Crippen LogP contribution in [0.1, 0.15) is 31.1 Å².